The van der Waals surface area contributed by atoms with Gasteiger partial charge >= 0.3 is 11.7 Å². The van der Waals surface area contributed by atoms with Gasteiger partial charge in [0.2, 0.25) is 5.91 Å². The van der Waals surface area contributed by atoms with Crippen molar-refractivity contribution in [2.75, 3.05) is 18.4 Å². The molecular formula is C30H34FN5O5. The zero-order chi connectivity index (χ0) is 29.6. The molecule has 2 fully saturated rings. The minimum atomic E-state index is -0.786. The lowest BCUT2D eigenvalue weighted by atomic mass is 9.94. The highest BCUT2D eigenvalue weighted by molar-refractivity contribution is 6.10. The number of nitrogens with zero attached hydrogens (tertiary/aromatic N) is 4. The van der Waals surface area contributed by atoms with Crippen LogP contribution >= 0.6 is 0 Å². The smallest absolute Gasteiger partial charge is 0.322 e. The molecular weight excluding hydrogens is 529 g/mol. The molecule has 10 nitrogen and oxygen atoms in total. The third kappa shape index (κ3) is 5.16. The van der Waals surface area contributed by atoms with Crippen LogP contribution in [-0.2, 0) is 16.1 Å². The molecule has 0 spiro atoms. The van der Waals surface area contributed by atoms with Crippen LogP contribution in [-0.4, -0.2) is 55.9 Å². The number of carbonyl (C=O) groups is 3. The summed E-state index contributed by atoms with van der Waals surface area (Å²) < 4.78 is 17.9. The monoisotopic (exact) mass is 563 g/mol. The van der Waals surface area contributed by atoms with Crippen LogP contribution in [0, 0.1) is 11.7 Å². The molecule has 11 heteroatoms. The molecule has 1 saturated carbocycles. The van der Waals surface area contributed by atoms with Crippen molar-refractivity contribution in [2.45, 2.75) is 64.6 Å². The van der Waals surface area contributed by atoms with Crippen molar-refractivity contribution in [3.63, 3.8) is 0 Å². The number of carbonyl (C=O) groups excluding carboxylic acids is 3. The Morgan fingerprint density at radius 1 is 1.12 bits per heavy atom. The number of aromatic nitrogens is 2. The summed E-state index contributed by atoms with van der Waals surface area (Å²) in [7, 11) is 0. The number of imide groups is 1. The Morgan fingerprint density at radius 2 is 1.85 bits per heavy atom. The molecule has 1 saturated heterocycles. The summed E-state index contributed by atoms with van der Waals surface area (Å²) in [5.74, 6) is -1.36. The van der Waals surface area contributed by atoms with Crippen molar-refractivity contribution >= 4 is 34.4 Å². The SMILES string of the molecule is C=CC1=C(C=C)C(=O)N(C2CCCN(C(=O)Nc3cc4c(=O)n(CC5CC5)c(=O)n(C(C)C)c4cc3F)C2)C(=O)C1. The lowest BCUT2D eigenvalue weighted by molar-refractivity contribution is -0.146. The van der Waals surface area contributed by atoms with Gasteiger partial charge in [0.1, 0.15) is 5.82 Å². The second kappa shape index (κ2) is 10.9. The summed E-state index contributed by atoms with van der Waals surface area (Å²) >= 11 is 0. The number of benzene rings is 1. The van der Waals surface area contributed by atoms with Crippen LogP contribution in [0.1, 0.15) is 52.0 Å². The van der Waals surface area contributed by atoms with Crippen molar-refractivity contribution < 1.29 is 18.8 Å². The van der Waals surface area contributed by atoms with Crippen LogP contribution in [0.4, 0.5) is 14.9 Å². The number of allylic oxidation sites excluding steroid dienone is 1. The van der Waals surface area contributed by atoms with Crippen LogP contribution in [0.2, 0.25) is 0 Å². The summed E-state index contributed by atoms with van der Waals surface area (Å²) in [6, 6.07) is 0.905. The molecule has 1 unspecified atom stereocenters. The second-order valence-electron chi connectivity index (χ2n) is 11.2. The molecule has 5 rings (SSSR count). The van der Waals surface area contributed by atoms with Gasteiger partial charge in [-0.15, -0.1) is 0 Å². The number of urea groups is 1. The summed E-state index contributed by atoms with van der Waals surface area (Å²) in [5.41, 5.74) is -0.186. The number of fused-ring (bicyclic) bond motifs is 1. The van der Waals surface area contributed by atoms with Crippen LogP contribution in [0.15, 0.2) is 58.2 Å². The van der Waals surface area contributed by atoms with E-state index in [4.69, 9.17) is 0 Å². The Labute approximate surface area is 236 Å². The van der Waals surface area contributed by atoms with E-state index >= 15 is 4.39 Å². The first-order chi connectivity index (χ1) is 19.5. The molecule has 0 bridgehead atoms. The highest BCUT2D eigenvalue weighted by Gasteiger charge is 2.38. The predicted octanol–water partition coefficient (Wildman–Crippen LogP) is 3.72. The molecule has 41 heavy (non-hydrogen) atoms. The molecule has 0 radical (unpaired) electrons. The molecule has 1 atom stereocenters. The molecule has 1 N–H and O–H groups in total. The van der Waals surface area contributed by atoms with Crippen molar-refractivity contribution in [3.05, 3.63) is 75.2 Å². The van der Waals surface area contributed by atoms with E-state index in [-0.39, 0.29) is 47.4 Å². The molecule has 1 aromatic heterocycles. The van der Waals surface area contributed by atoms with Gasteiger partial charge in [0.05, 0.1) is 29.1 Å². The minimum absolute atomic E-state index is 0.0152. The number of anilines is 1. The first-order valence-corrected chi connectivity index (χ1v) is 13.9. The lowest BCUT2D eigenvalue weighted by Gasteiger charge is -2.40. The normalized spacial score (nSPS) is 19.8. The Morgan fingerprint density at radius 3 is 2.49 bits per heavy atom. The Bertz CT molecular complexity index is 1630. The van der Waals surface area contributed by atoms with Crippen molar-refractivity contribution in [1.29, 1.82) is 0 Å². The van der Waals surface area contributed by atoms with Gasteiger partial charge in [0.25, 0.3) is 11.5 Å². The highest BCUT2D eigenvalue weighted by atomic mass is 19.1. The number of hydrogen-bond acceptors (Lipinski definition) is 5. The molecule has 2 aromatic rings. The van der Waals surface area contributed by atoms with Crippen molar-refractivity contribution in [2.24, 2.45) is 5.92 Å². The number of rotatable bonds is 7. The fourth-order valence-electron chi connectivity index (χ4n) is 5.75. The van der Waals surface area contributed by atoms with Gasteiger partial charge < -0.3 is 10.2 Å². The van der Waals surface area contributed by atoms with Gasteiger partial charge in [0, 0.05) is 37.3 Å². The van der Waals surface area contributed by atoms with E-state index in [1.54, 1.807) is 13.8 Å². The van der Waals surface area contributed by atoms with E-state index in [0.29, 0.717) is 37.1 Å². The number of nitrogens with one attached hydrogen (secondary N) is 1. The fourth-order valence-corrected chi connectivity index (χ4v) is 5.75. The average molecular weight is 564 g/mol. The average Bonchev–Trinajstić information content (AvgIpc) is 3.76. The van der Waals surface area contributed by atoms with Gasteiger partial charge in [-0.2, -0.15) is 0 Å². The number of hydrogen-bond donors (Lipinski definition) is 1. The third-order valence-corrected chi connectivity index (χ3v) is 8.06. The second-order valence-corrected chi connectivity index (χ2v) is 11.2. The standard InChI is InChI=1S/C30H34FN5O5/c1-5-19-12-26(37)36(28(39)21(19)6-2)20-8-7-11-33(16-20)29(40)32-24-13-22-25(14-23(24)31)35(17(3)4)30(41)34(27(22)38)15-18-9-10-18/h5-6,13-14,17-18,20H,1-2,7-12,15-16H2,3-4H3,(H,32,40). The number of halogens is 1. The number of likely N-dealkylation sites (tertiary alicyclic amines) is 1. The highest BCUT2D eigenvalue weighted by Crippen LogP contribution is 2.31. The Balaban J connectivity index is 1.42. The quantitative estimate of drug-likeness (QED) is 0.516. The Kier molecular flexibility index (Phi) is 7.54. The van der Waals surface area contributed by atoms with Crippen molar-refractivity contribution in [3.8, 4) is 0 Å². The van der Waals surface area contributed by atoms with Crippen LogP contribution < -0.4 is 16.6 Å². The molecule has 1 aromatic carbocycles. The van der Waals surface area contributed by atoms with Crippen molar-refractivity contribution in [1.82, 2.24) is 18.9 Å². The fraction of sp³-hybridized carbons (Fsp3) is 0.433. The largest absolute Gasteiger partial charge is 0.331 e. The zero-order valence-electron chi connectivity index (χ0n) is 23.3. The molecule has 4 amide bonds. The Hall–Kier alpha value is -4.28. The maximum Gasteiger partial charge on any atom is 0.331 e. The van der Waals surface area contributed by atoms with E-state index in [0.717, 1.165) is 18.9 Å². The van der Waals surface area contributed by atoms with E-state index in [2.05, 4.69) is 18.5 Å². The first-order valence-electron chi connectivity index (χ1n) is 13.9. The van der Waals surface area contributed by atoms with Gasteiger partial charge in [-0.3, -0.25) is 28.4 Å². The summed E-state index contributed by atoms with van der Waals surface area (Å²) in [5, 5.41) is 2.70. The molecule has 1 aliphatic carbocycles. The number of piperidine rings is 1. The van der Waals surface area contributed by atoms with E-state index in [1.165, 1.54) is 37.2 Å². The van der Waals surface area contributed by atoms with Gasteiger partial charge in [-0.1, -0.05) is 25.3 Å². The van der Waals surface area contributed by atoms with Gasteiger partial charge in [-0.05, 0) is 57.1 Å². The third-order valence-electron chi connectivity index (χ3n) is 8.06. The predicted molar refractivity (Wildman–Crippen MR) is 153 cm³/mol. The van der Waals surface area contributed by atoms with Crippen LogP contribution in [0.25, 0.3) is 10.9 Å². The maximum absolute atomic E-state index is 15.3. The molecule has 216 valence electrons. The first kappa shape index (κ1) is 28.3. The van der Waals surface area contributed by atoms with Gasteiger partial charge in [-0.25, -0.2) is 14.0 Å². The summed E-state index contributed by atoms with van der Waals surface area (Å²) in [4.78, 5) is 68.3. The topological polar surface area (TPSA) is 114 Å². The van der Waals surface area contributed by atoms with Crippen LogP contribution in [0.3, 0.4) is 0 Å². The van der Waals surface area contributed by atoms with E-state index < -0.39 is 35.0 Å². The molecule has 2 aliphatic heterocycles. The van der Waals surface area contributed by atoms with E-state index in [9.17, 15) is 24.0 Å². The van der Waals surface area contributed by atoms with Gasteiger partial charge in [0.15, 0.2) is 0 Å². The summed E-state index contributed by atoms with van der Waals surface area (Å²) in [6.45, 7) is 11.7. The summed E-state index contributed by atoms with van der Waals surface area (Å²) in [6.07, 6.45) is 5.85. The zero-order valence-corrected chi connectivity index (χ0v) is 23.3. The van der Waals surface area contributed by atoms with E-state index in [1.807, 2.05) is 0 Å². The molecule has 3 heterocycles. The van der Waals surface area contributed by atoms with Crippen LogP contribution in [0.5, 0.6) is 0 Å². The number of amides is 4. The maximum atomic E-state index is 15.3. The lowest BCUT2D eigenvalue weighted by Crippen LogP contribution is -2.55. The molecule has 3 aliphatic rings. The minimum Gasteiger partial charge on any atom is -0.322 e.